The molecule has 1 N–H and O–H groups in total. The topological polar surface area (TPSA) is 58.6 Å². The Morgan fingerprint density at radius 1 is 1.24 bits per heavy atom. The van der Waals surface area contributed by atoms with Crippen LogP contribution in [0.5, 0.6) is 5.75 Å². The number of para-hydroxylation sites is 1. The molecule has 0 bridgehead atoms. The lowest BCUT2D eigenvalue weighted by molar-refractivity contribution is -0.145. The first kappa shape index (κ1) is 12.7. The maximum atomic E-state index is 12.5. The van der Waals surface area contributed by atoms with Gasteiger partial charge >= 0.3 is 0 Å². The fourth-order valence-corrected chi connectivity index (χ4v) is 3.23. The third kappa shape index (κ3) is 2.37. The first-order valence-electron chi connectivity index (χ1n) is 7.53. The van der Waals surface area contributed by atoms with E-state index in [1.807, 2.05) is 24.3 Å². The molecule has 5 heteroatoms. The van der Waals surface area contributed by atoms with Crippen LogP contribution in [0, 0.1) is 5.92 Å². The summed E-state index contributed by atoms with van der Waals surface area (Å²) in [6.45, 7) is 0.641. The van der Waals surface area contributed by atoms with E-state index in [0.29, 0.717) is 12.5 Å². The van der Waals surface area contributed by atoms with Gasteiger partial charge in [0.25, 0.3) is 0 Å². The van der Waals surface area contributed by atoms with Gasteiger partial charge in [0.15, 0.2) is 0 Å². The average Bonchev–Trinajstić information content (AvgIpc) is 3.22. The molecular formula is C16H18N2O3. The quantitative estimate of drug-likeness (QED) is 0.891. The zero-order chi connectivity index (χ0) is 14.4. The van der Waals surface area contributed by atoms with E-state index in [1.165, 1.54) is 5.56 Å². The highest BCUT2D eigenvalue weighted by Crippen LogP contribution is 2.35. The third-order valence-electron chi connectivity index (χ3n) is 4.46. The molecule has 2 amide bonds. The van der Waals surface area contributed by atoms with Crippen molar-refractivity contribution in [3.8, 4) is 5.75 Å². The summed E-state index contributed by atoms with van der Waals surface area (Å²) in [5, 5.41) is 2.83. The first-order chi connectivity index (χ1) is 10.2. The maximum Gasteiger partial charge on any atom is 0.246 e. The molecule has 3 aliphatic rings. The van der Waals surface area contributed by atoms with Crippen molar-refractivity contribution in [2.24, 2.45) is 5.92 Å². The van der Waals surface area contributed by atoms with E-state index in [0.717, 1.165) is 25.0 Å². The monoisotopic (exact) mass is 286 g/mol. The zero-order valence-electron chi connectivity index (χ0n) is 11.7. The van der Waals surface area contributed by atoms with Crippen molar-refractivity contribution in [1.82, 2.24) is 10.2 Å². The normalized spacial score (nSPS) is 28.1. The Balaban J connectivity index is 1.45. The van der Waals surface area contributed by atoms with Gasteiger partial charge in [0.05, 0.1) is 13.1 Å². The molecule has 1 aromatic rings. The molecule has 2 aliphatic heterocycles. The molecule has 2 heterocycles. The number of carbonyl (C=O) groups excluding carboxylic acids is 2. The summed E-state index contributed by atoms with van der Waals surface area (Å²) in [6, 6.07) is 7.63. The average molecular weight is 286 g/mol. The lowest BCUT2D eigenvalue weighted by Gasteiger charge is -2.33. The van der Waals surface area contributed by atoms with E-state index in [-0.39, 0.29) is 30.5 Å². The maximum absolute atomic E-state index is 12.5. The Hall–Kier alpha value is -2.04. The summed E-state index contributed by atoms with van der Waals surface area (Å²) in [5.41, 5.74) is 1.18. The van der Waals surface area contributed by atoms with Gasteiger partial charge in [-0.1, -0.05) is 18.2 Å². The van der Waals surface area contributed by atoms with Crippen molar-refractivity contribution >= 4 is 11.8 Å². The van der Waals surface area contributed by atoms with Crippen LogP contribution in [0.25, 0.3) is 0 Å². The molecular weight excluding hydrogens is 268 g/mol. The van der Waals surface area contributed by atoms with Crippen molar-refractivity contribution in [3.63, 3.8) is 0 Å². The molecule has 2 unspecified atom stereocenters. The molecule has 0 spiro atoms. The summed E-state index contributed by atoms with van der Waals surface area (Å²) in [5.74, 6) is 1.24. The highest BCUT2D eigenvalue weighted by molar-refractivity contribution is 5.95. The standard InChI is InChI=1S/C16H18N2O3/c19-14-9-18(16(20)15(17-14)10-5-6-10)8-12-7-11-3-1-2-4-13(11)21-12/h1-4,10,12,15H,5-9H2,(H,17,19). The van der Waals surface area contributed by atoms with Gasteiger partial charge in [0.2, 0.25) is 11.8 Å². The van der Waals surface area contributed by atoms with Crippen LogP contribution in [0.3, 0.4) is 0 Å². The number of carbonyl (C=O) groups is 2. The second-order valence-corrected chi connectivity index (χ2v) is 6.15. The summed E-state index contributed by atoms with van der Waals surface area (Å²) in [6.07, 6.45) is 2.83. The molecule has 1 saturated carbocycles. The van der Waals surface area contributed by atoms with Crippen molar-refractivity contribution in [2.45, 2.75) is 31.4 Å². The largest absolute Gasteiger partial charge is 0.488 e. The third-order valence-corrected chi connectivity index (χ3v) is 4.46. The molecule has 1 aromatic carbocycles. The summed E-state index contributed by atoms with van der Waals surface area (Å²) >= 11 is 0. The predicted molar refractivity (Wildman–Crippen MR) is 75.8 cm³/mol. The molecule has 2 fully saturated rings. The molecule has 21 heavy (non-hydrogen) atoms. The zero-order valence-corrected chi connectivity index (χ0v) is 11.7. The Labute approximate surface area is 123 Å². The molecule has 1 aliphatic carbocycles. The Morgan fingerprint density at radius 3 is 2.81 bits per heavy atom. The van der Waals surface area contributed by atoms with Gasteiger partial charge in [-0.2, -0.15) is 0 Å². The van der Waals surface area contributed by atoms with Gasteiger partial charge in [-0.15, -0.1) is 0 Å². The Bertz CT molecular complexity index is 572. The van der Waals surface area contributed by atoms with Gasteiger partial charge in [0.1, 0.15) is 17.9 Å². The summed E-state index contributed by atoms with van der Waals surface area (Å²) in [7, 11) is 0. The van der Waals surface area contributed by atoms with Crippen LogP contribution in [0.4, 0.5) is 0 Å². The van der Waals surface area contributed by atoms with E-state index in [9.17, 15) is 9.59 Å². The van der Waals surface area contributed by atoms with Crippen LogP contribution in [-0.4, -0.2) is 41.9 Å². The van der Waals surface area contributed by atoms with E-state index < -0.39 is 0 Å². The molecule has 2 atom stereocenters. The number of fused-ring (bicyclic) bond motifs is 1. The minimum absolute atomic E-state index is 0.0443. The first-order valence-corrected chi connectivity index (χ1v) is 7.53. The van der Waals surface area contributed by atoms with Gasteiger partial charge in [-0.3, -0.25) is 9.59 Å². The van der Waals surface area contributed by atoms with Crippen LogP contribution in [-0.2, 0) is 16.0 Å². The molecule has 0 radical (unpaired) electrons. The van der Waals surface area contributed by atoms with E-state index in [1.54, 1.807) is 4.90 Å². The fourth-order valence-electron chi connectivity index (χ4n) is 3.23. The number of benzene rings is 1. The summed E-state index contributed by atoms with van der Waals surface area (Å²) < 4.78 is 5.88. The van der Waals surface area contributed by atoms with Crippen molar-refractivity contribution < 1.29 is 14.3 Å². The highest BCUT2D eigenvalue weighted by Gasteiger charge is 2.43. The van der Waals surface area contributed by atoms with Gasteiger partial charge in [0, 0.05) is 6.42 Å². The van der Waals surface area contributed by atoms with Crippen molar-refractivity contribution in [2.75, 3.05) is 13.1 Å². The fraction of sp³-hybridized carbons (Fsp3) is 0.500. The van der Waals surface area contributed by atoms with Crippen LogP contribution < -0.4 is 10.1 Å². The smallest absolute Gasteiger partial charge is 0.246 e. The van der Waals surface area contributed by atoms with Crippen LogP contribution in [0.2, 0.25) is 0 Å². The molecule has 110 valence electrons. The lowest BCUT2D eigenvalue weighted by atomic mass is 10.1. The SMILES string of the molecule is O=C1CN(CC2Cc3ccccc3O2)C(=O)C(C2CC2)N1. The Kier molecular flexibility index (Phi) is 2.87. The molecule has 0 aromatic heterocycles. The van der Waals surface area contributed by atoms with E-state index >= 15 is 0 Å². The molecule has 4 rings (SSSR count). The lowest BCUT2D eigenvalue weighted by Crippen LogP contribution is -2.60. The van der Waals surface area contributed by atoms with Crippen molar-refractivity contribution in [1.29, 1.82) is 0 Å². The van der Waals surface area contributed by atoms with Crippen LogP contribution >= 0.6 is 0 Å². The summed E-state index contributed by atoms with van der Waals surface area (Å²) in [4.78, 5) is 25.9. The number of nitrogens with zero attached hydrogens (tertiary/aromatic N) is 1. The number of ether oxygens (including phenoxy) is 1. The minimum Gasteiger partial charge on any atom is -0.488 e. The molecule has 1 saturated heterocycles. The number of amides is 2. The van der Waals surface area contributed by atoms with E-state index in [2.05, 4.69) is 5.32 Å². The van der Waals surface area contributed by atoms with Gasteiger partial charge in [-0.05, 0) is 30.4 Å². The number of piperazine rings is 1. The highest BCUT2D eigenvalue weighted by atomic mass is 16.5. The second-order valence-electron chi connectivity index (χ2n) is 6.15. The van der Waals surface area contributed by atoms with Gasteiger partial charge in [-0.25, -0.2) is 0 Å². The number of rotatable bonds is 3. The minimum atomic E-state index is -0.310. The van der Waals surface area contributed by atoms with E-state index in [4.69, 9.17) is 4.74 Å². The van der Waals surface area contributed by atoms with Crippen LogP contribution in [0.15, 0.2) is 24.3 Å². The number of hydrogen-bond donors (Lipinski definition) is 1. The Morgan fingerprint density at radius 2 is 2.05 bits per heavy atom. The number of nitrogens with one attached hydrogen (secondary N) is 1. The van der Waals surface area contributed by atoms with Gasteiger partial charge < -0.3 is 15.0 Å². The van der Waals surface area contributed by atoms with Crippen molar-refractivity contribution in [3.05, 3.63) is 29.8 Å². The predicted octanol–water partition coefficient (Wildman–Crippen LogP) is 0.727. The van der Waals surface area contributed by atoms with Crippen LogP contribution in [0.1, 0.15) is 18.4 Å². The molecule has 5 nitrogen and oxygen atoms in total. The second kappa shape index (κ2) is 4.76. The number of hydrogen-bond acceptors (Lipinski definition) is 3.